The molecule has 1 N–H and O–H groups in total. The number of carbonyl (C=O) groups excluding carboxylic acids is 1. The molecule has 0 unspecified atom stereocenters. The maximum Gasteiger partial charge on any atom is 0.416 e. The molecule has 0 aliphatic heterocycles. The number of amides is 1. The van der Waals surface area contributed by atoms with E-state index in [0.29, 0.717) is 22.6 Å². The fourth-order valence-electron chi connectivity index (χ4n) is 3.40. The topological polar surface area (TPSA) is 47.6 Å². The number of fused-ring (bicyclic) bond motifs is 1. The molecular weight excluding hydrogens is 431 g/mol. The zero-order valence-corrected chi connectivity index (χ0v) is 17.6. The highest BCUT2D eigenvalue weighted by molar-refractivity contribution is 6.04. The van der Waals surface area contributed by atoms with E-state index < -0.39 is 17.6 Å². The van der Waals surface area contributed by atoms with Gasteiger partial charge in [-0.1, -0.05) is 30.3 Å². The zero-order valence-electron chi connectivity index (χ0n) is 17.6. The number of methoxy groups -OCH3 is 1. The van der Waals surface area contributed by atoms with Gasteiger partial charge >= 0.3 is 6.18 Å². The lowest BCUT2D eigenvalue weighted by Gasteiger charge is -2.13. The molecule has 0 saturated heterocycles. The second-order valence-corrected chi connectivity index (χ2v) is 7.35. The third kappa shape index (κ3) is 5.26. The van der Waals surface area contributed by atoms with Crippen LogP contribution in [0.4, 0.5) is 18.9 Å². The molecule has 0 fully saturated rings. The molecule has 4 nitrogen and oxygen atoms in total. The molecule has 1 amide bonds. The molecule has 0 aromatic heterocycles. The Kier molecular flexibility index (Phi) is 6.22. The number of nitrogens with one attached hydrogen (secondary N) is 1. The zero-order chi connectivity index (χ0) is 23.4. The minimum absolute atomic E-state index is 0.170. The van der Waals surface area contributed by atoms with E-state index in [0.717, 1.165) is 22.9 Å². The van der Waals surface area contributed by atoms with Crippen LogP contribution in [0.1, 0.15) is 21.5 Å². The maximum absolute atomic E-state index is 12.7. The Bertz CT molecular complexity index is 1280. The van der Waals surface area contributed by atoms with E-state index in [2.05, 4.69) is 5.32 Å². The number of alkyl halides is 3. The highest BCUT2D eigenvalue weighted by atomic mass is 19.4. The van der Waals surface area contributed by atoms with Crippen LogP contribution in [-0.2, 0) is 12.8 Å². The largest absolute Gasteiger partial charge is 0.496 e. The number of rotatable bonds is 6. The Hall–Kier alpha value is -4.00. The molecule has 0 aliphatic rings. The predicted octanol–water partition coefficient (Wildman–Crippen LogP) is 6.70. The molecular formula is C26H20F3NO3. The number of carbonyl (C=O) groups is 1. The molecule has 4 rings (SSSR count). The van der Waals surface area contributed by atoms with Crippen LogP contribution in [-0.4, -0.2) is 13.0 Å². The summed E-state index contributed by atoms with van der Waals surface area (Å²) in [7, 11) is 1.52. The molecule has 33 heavy (non-hydrogen) atoms. The van der Waals surface area contributed by atoms with Crippen molar-refractivity contribution in [2.45, 2.75) is 12.8 Å². The highest BCUT2D eigenvalue weighted by Gasteiger charge is 2.30. The van der Waals surface area contributed by atoms with Crippen LogP contribution in [0, 0.1) is 0 Å². The van der Waals surface area contributed by atoms with Gasteiger partial charge in [0, 0.05) is 16.8 Å². The lowest BCUT2D eigenvalue weighted by Crippen LogP contribution is -2.13. The number of hydrogen-bond acceptors (Lipinski definition) is 3. The molecule has 0 bridgehead atoms. The van der Waals surface area contributed by atoms with Crippen LogP contribution in [0.5, 0.6) is 11.5 Å². The lowest BCUT2D eigenvalue weighted by atomic mass is 10.1. The van der Waals surface area contributed by atoms with Crippen molar-refractivity contribution < 1.29 is 27.4 Å². The van der Waals surface area contributed by atoms with Gasteiger partial charge in [0.25, 0.3) is 5.91 Å². The summed E-state index contributed by atoms with van der Waals surface area (Å²) in [6.07, 6.45) is -4.43. The van der Waals surface area contributed by atoms with Gasteiger partial charge in [0.2, 0.25) is 0 Å². The highest BCUT2D eigenvalue weighted by Crippen LogP contribution is 2.30. The third-order valence-electron chi connectivity index (χ3n) is 5.13. The Morgan fingerprint density at radius 3 is 2.30 bits per heavy atom. The number of ether oxygens (including phenoxy) is 2. The van der Waals surface area contributed by atoms with Crippen LogP contribution >= 0.6 is 0 Å². The number of halogens is 3. The first-order valence-corrected chi connectivity index (χ1v) is 10.1. The number of hydrogen-bond donors (Lipinski definition) is 1. The minimum Gasteiger partial charge on any atom is -0.496 e. The quantitative estimate of drug-likeness (QED) is 0.355. The lowest BCUT2D eigenvalue weighted by molar-refractivity contribution is -0.137. The number of anilines is 1. The van der Waals surface area contributed by atoms with Gasteiger partial charge in [-0.3, -0.25) is 4.79 Å². The van der Waals surface area contributed by atoms with Gasteiger partial charge < -0.3 is 14.8 Å². The first-order valence-electron chi connectivity index (χ1n) is 10.1. The first kappa shape index (κ1) is 22.2. The summed E-state index contributed by atoms with van der Waals surface area (Å²) in [5.41, 5.74) is 0.467. The second kappa shape index (κ2) is 9.24. The third-order valence-corrected chi connectivity index (χ3v) is 5.13. The van der Waals surface area contributed by atoms with Crippen LogP contribution < -0.4 is 14.8 Å². The minimum atomic E-state index is -4.43. The van der Waals surface area contributed by atoms with E-state index in [9.17, 15) is 18.0 Å². The molecule has 0 spiro atoms. The van der Waals surface area contributed by atoms with Crippen molar-refractivity contribution >= 4 is 22.4 Å². The van der Waals surface area contributed by atoms with Gasteiger partial charge in [0.15, 0.2) is 0 Å². The van der Waals surface area contributed by atoms with Crippen molar-refractivity contribution in [1.29, 1.82) is 0 Å². The average Bonchev–Trinajstić information content (AvgIpc) is 2.82. The summed E-state index contributed by atoms with van der Waals surface area (Å²) in [4.78, 5) is 12.7. The van der Waals surface area contributed by atoms with Crippen LogP contribution in [0.15, 0.2) is 84.9 Å². The second-order valence-electron chi connectivity index (χ2n) is 7.35. The van der Waals surface area contributed by atoms with E-state index in [1.165, 1.54) is 19.2 Å². The Morgan fingerprint density at radius 2 is 1.61 bits per heavy atom. The van der Waals surface area contributed by atoms with Crippen LogP contribution in [0.2, 0.25) is 0 Å². The average molecular weight is 451 g/mol. The Balaban J connectivity index is 1.49. The van der Waals surface area contributed by atoms with E-state index in [1.54, 1.807) is 18.2 Å². The SMILES string of the molecule is COc1ccc(C(=O)Nc2ccc(C(F)(F)F)cc2)cc1COc1ccc2ccccc2c1. The smallest absolute Gasteiger partial charge is 0.416 e. The molecule has 4 aromatic rings. The summed E-state index contributed by atoms with van der Waals surface area (Å²) >= 11 is 0. The van der Waals surface area contributed by atoms with Gasteiger partial charge in [-0.25, -0.2) is 0 Å². The number of benzene rings is 4. The first-order chi connectivity index (χ1) is 15.8. The molecule has 4 aromatic carbocycles. The molecule has 0 heterocycles. The normalized spacial score (nSPS) is 11.3. The van der Waals surface area contributed by atoms with Crippen LogP contribution in [0.25, 0.3) is 10.8 Å². The summed E-state index contributed by atoms with van der Waals surface area (Å²) in [5, 5.41) is 4.76. The summed E-state index contributed by atoms with van der Waals surface area (Å²) in [6, 6.07) is 22.9. The van der Waals surface area contributed by atoms with Crippen molar-refractivity contribution in [2.24, 2.45) is 0 Å². The van der Waals surface area contributed by atoms with Crippen molar-refractivity contribution in [1.82, 2.24) is 0 Å². The summed E-state index contributed by atoms with van der Waals surface area (Å²) in [6.45, 7) is 0.170. The van der Waals surface area contributed by atoms with Crippen molar-refractivity contribution in [3.8, 4) is 11.5 Å². The van der Waals surface area contributed by atoms with Gasteiger partial charge in [0.1, 0.15) is 18.1 Å². The molecule has 0 saturated carbocycles. The van der Waals surface area contributed by atoms with E-state index in [4.69, 9.17) is 9.47 Å². The van der Waals surface area contributed by atoms with Gasteiger partial charge in [-0.15, -0.1) is 0 Å². The fourth-order valence-corrected chi connectivity index (χ4v) is 3.40. The van der Waals surface area contributed by atoms with E-state index in [1.807, 2.05) is 42.5 Å². The standard InChI is InChI=1S/C26H20F3NO3/c1-32-24-13-7-19(25(31)30-22-10-8-21(9-11-22)26(27,28)29)14-20(24)16-33-23-12-6-17-4-2-3-5-18(17)15-23/h2-15H,16H2,1H3,(H,30,31). The molecule has 0 atom stereocenters. The van der Waals surface area contributed by atoms with Gasteiger partial charge in [0.05, 0.1) is 12.7 Å². The summed E-state index contributed by atoms with van der Waals surface area (Å²) < 4.78 is 49.5. The fraction of sp³-hybridized carbons (Fsp3) is 0.115. The van der Waals surface area contributed by atoms with Crippen LogP contribution in [0.3, 0.4) is 0 Å². The molecule has 0 radical (unpaired) electrons. The van der Waals surface area contributed by atoms with Gasteiger partial charge in [-0.2, -0.15) is 13.2 Å². The Labute approximate surface area is 188 Å². The van der Waals surface area contributed by atoms with E-state index in [-0.39, 0.29) is 12.3 Å². The van der Waals surface area contributed by atoms with E-state index >= 15 is 0 Å². The monoisotopic (exact) mass is 451 g/mol. The molecule has 0 aliphatic carbocycles. The summed E-state index contributed by atoms with van der Waals surface area (Å²) in [5.74, 6) is 0.779. The molecule has 7 heteroatoms. The van der Waals surface area contributed by atoms with Crippen molar-refractivity contribution in [2.75, 3.05) is 12.4 Å². The van der Waals surface area contributed by atoms with Crippen molar-refractivity contribution in [3.05, 3.63) is 102 Å². The molecule has 168 valence electrons. The maximum atomic E-state index is 12.7. The van der Waals surface area contributed by atoms with Crippen molar-refractivity contribution in [3.63, 3.8) is 0 Å². The Morgan fingerprint density at radius 1 is 0.879 bits per heavy atom. The van der Waals surface area contributed by atoms with Gasteiger partial charge in [-0.05, 0) is 65.4 Å². The predicted molar refractivity (Wildman–Crippen MR) is 121 cm³/mol.